The van der Waals surface area contributed by atoms with Crippen LogP contribution in [0.25, 0.3) is 11.1 Å². The molecule has 0 bridgehead atoms. The monoisotopic (exact) mass is 282 g/mol. The van der Waals surface area contributed by atoms with E-state index in [0.717, 1.165) is 6.07 Å². The maximum absolute atomic E-state index is 12.3. The number of phenols is 1. The fraction of sp³-hybridized carbons (Fsp3) is 0.0714. The Morgan fingerprint density at radius 2 is 1.75 bits per heavy atom. The number of carbonyl (C=O) groups is 1. The van der Waals surface area contributed by atoms with Gasteiger partial charge in [0.15, 0.2) is 0 Å². The van der Waals surface area contributed by atoms with Crippen molar-refractivity contribution in [3.8, 4) is 22.6 Å². The van der Waals surface area contributed by atoms with Gasteiger partial charge in [-0.05, 0) is 24.3 Å². The van der Waals surface area contributed by atoms with Crippen molar-refractivity contribution in [3.63, 3.8) is 0 Å². The average molecular weight is 282 g/mol. The normalized spacial score (nSPS) is 11.2. The van der Waals surface area contributed by atoms with Gasteiger partial charge >= 0.3 is 6.36 Å². The molecule has 6 heteroatoms. The van der Waals surface area contributed by atoms with Crippen LogP contribution in [0.4, 0.5) is 13.2 Å². The number of phenolic OH excluding ortho intramolecular Hbond substituents is 1. The van der Waals surface area contributed by atoms with Gasteiger partial charge in [0.2, 0.25) is 0 Å². The molecule has 0 saturated carbocycles. The zero-order chi connectivity index (χ0) is 14.8. The molecule has 104 valence electrons. The van der Waals surface area contributed by atoms with Gasteiger partial charge in [-0.15, -0.1) is 13.2 Å². The van der Waals surface area contributed by atoms with Gasteiger partial charge in [0, 0.05) is 16.7 Å². The van der Waals surface area contributed by atoms with Gasteiger partial charge in [0.05, 0.1) is 0 Å². The van der Waals surface area contributed by atoms with E-state index in [-0.39, 0.29) is 22.4 Å². The first-order valence-corrected chi connectivity index (χ1v) is 5.54. The van der Waals surface area contributed by atoms with Crippen molar-refractivity contribution in [2.24, 2.45) is 0 Å². The van der Waals surface area contributed by atoms with Crippen molar-refractivity contribution >= 4 is 6.29 Å². The van der Waals surface area contributed by atoms with Crippen LogP contribution < -0.4 is 4.74 Å². The van der Waals surface area contributed by atoms with Crippen molar-refractivity contribution < 1.29 is 27.8 Å². The number of benzene rings is 2. The van der Waals surface area contributed by atoms with Crippen molar-refractivity contribution in [2.45, 2.75) is 6.36 Å². The number of hydrogen-bond donors (Lipinski definition) is 1. The van der Waals surface area contributed by atoms with E-state index in [9.17, 15) is 23.1 Å². The minimum atomic E-state index is -4.84. The molecule has 0 atom stereocenters. The second-order valence-corrected chi connectivity index (χ2v) is 3.94. The SMILES string of the molecule is O=Cc1ccc(O)c(-c2ccccc2OC(F)(F)F)c1. The largest absolute Gasteiger partial charge is 0.573 e. The highest BCUT2D eigenvalue weighted by atomic mass is 19.4. The smallest absolute Gasteiger partial charge is 0.507 e. The van der Waals surface area contributed by atoms with Gasteiger partial charge in [0.1, 0.15) is 17.8 Å². The molecule has 0 amide bonds. The summed E-state index contributed by atoms with van der Waals surface area (Å²) >= 11 is 0. The lowest BCUT2D eigenvalue weighted by molar-refractivity contribution is -0.274. The Balaban J connectivity index is 2.55. The predicted molar refractivity (Wildman–Crippen MR) is 65.6 cm³/mol. The average Bonchev–Trinajstić information content (AvgIpc) is 2.38. The van der Waals surface area contributed by atoms with E-state index >= 15 is 0 Å². The molecule has 0 heterocycles. The summed E-state index contributed by atoms with van der Waals surface area (Å²) in [6.07, 6.45) is -4.30. The second-order valence-electron chi connectivity index (χ2n) is 3.94. The summed E-state index contributed by atoms with van der Waals surface area (Å²) < 4.78 is 40.9. The van der Waals surface area contributed by atoms with Gasteiger partial charge in [-0.1, -0.05) is 18.2 Å². The Hall–Kier alpha value is -2.50. The van der Waals surface area contributed by atoms with E-state index in [4.69, 9.17) is 0 Å². The van der Waals surface area contributed by atoms with Gasteiger partial charge in [0.25, 0.3) is 0 Å². The molecule has 0 saturated heterocycles. The van der Waals surface area contributed by atoms with E-state index in [0.29, 0.717) is 6.29 Å². The summed E-state index contributed by atoms with van der Waals surface area (Å²) in [5, 5.41) is 9.75. The number of aldehydes is 1. The van der Waals surface area contributed by atoms with E-state index in [2.05, 4.69) is 4.74 Å². The van der Waals surface area contributed by atoms with E-state index in [1.165, 1.54) is 36.4 Å². The lowest BCUT2D eigenvalue weighted by atomic mass is 10.0. The van der Waals surface area contributed by atoms with Crippen LogP contribution in [0.1, 0.15) is 10.4 Å². The Morgan fingerprint density at radius 3 is 2.40 bits per heavy atom. The molecule has 2 aromatic carbocycles. The molecule has 1 N–H and O–H groups in total. The molecule has 20 heavy (non-hydrogen) atoms. The van der Waals surface area contributed by atoms with Crippen LogP contribution >= 0.6 is 0 Å². The molecular formula is C14H9F3O3. The number of alkyl halides is 3. The maximum atomic E-state index is 12.3. The van der Waals surface area contributed by atoms with Crippen LogP contribution in [-0.4, -0.2) is 17.8 Å². The maximum Gasteiger partial charge on any atom is 0.573 e. The predicted octanol–water partition coefficient (Wildman–Crippen LogP) is 3.77. The van der Waals surface area contributed by atoms with Crippen LogP contribution in [-0.2, 0) is 0 Å². The summed E-state index contributed by atoms with van der Waals surface area (Å²) in [6.45, 7) is 0. The van der Waals surface area contributed by atoms with Crippen molar-refractivity contribution in [3.05, 3.63) is 48.0 Å². The number of para-hydroxylation sites is 1. The van der Waals surface area contributed by atoms with Gasteiger partial charge < -0.3 is 9.84 Å². The Bertz CT molecular complexity index is 636. The lowest BCUT2D eigenvalue weighted by Crippen LogP contribution is -2.17. The fourth-order valence-corrected chi connectivity index (χ4v) is 1.75. The molecular weight excluding hydrogens is 273 g/mol. The highest BCUT2D eigenvalue weighted by Gasteiger charge is 2.32. The minimum absolute atomic E-state index is 0.0472. The number of carbonyl (C=O) groups excluding carboxylic acids is 1. The van der Waals surface area contributed by atoms with Gasteiger partial charge in [-0.3, -0.25) is 4.79 Å². The number of aromatic hydroxyl groups is 1. The van der Waals surface area contributed by atoms with Crippen molar-refractivity contribution in [1.82, 2.24) is 0 Å². The molecule has 2 aromatic rings. The quantitative estimate of drug-likeness (QED) is 0.872. The zero-order valence-corrected chi connectivity index (χ0v) is 10.0. The fourth-order valence-electron chi connectivity index (χ4n) is 1.75. The topological polar surface area (TPSA) is 46.5 Å². The molecule has 0 radical (unpaired) electrons. The van der Waals surface area contributed by atoms with Crippen molar-refractivity contribution in [1.29, 1.82) is 0 Å². The summed E-state index contributed by atoms with van der Waals surface area (Å²) in [4.78, 5) is 10.7. The summed E-state index contributed by atoms with van der Waals surface area (Å²) in [7, 11) is 0. The van der Waals surface area contributed by atoms with Crippen LogP contribution in [0.5, 0.6) is 11.5 Å². The highest BCUT2D eigenvalue weighted by Crippen LogP contribution is 2.38. The third-order valence-electron chi connectivity index (χ3n) is 2.56. The van der Waals surface area contributed by atoms with Crippen LogP contribution in [0, 0.1) is 0 Å². The third kappa shape index (κ3) is 3.09. The van der Waals surface area contributed by atoms with Gasteiger partial charge in [-0.25, -0.2) is 0 Å². The lowest BCUT2D eigenvalue weighted by Gasteiger charge is -2.14. The molecule has 2 rings (SSSR count). The first-order chi connectivity index (χ1) is 9.40. The second kappa shape index (κ2) is 5.24. The third-order valence-corrected chi connectivity index (χ3v) is 2.56. The molecule has 0 aromatic heterocycles. The van der Waals surface area contributed by atoms with E-state index in [1.807, 2.05) is 0 Å². The minimum Gasteiger partial charge on any atom is -0.507 e. The Labute approximate surface area is 112 Å². The number of ether oxygens (including phenoxy) is 1. The summed E-state index contributed by atoms with van der Waals surface area (Å²) in [5.41, 5.74) is 0.375. The van der Waals surface area contributed by atoms with Crippen LogP contribution in [0.15, 0.2) is 42.5 Å². The van der Waals surface area contributed by atoms with Gasteiger partial charge in [-0.2, -0.15) is 0 Å². The molecule has 3 nitrogen and oxygen atoms in total. The number of halogens is 3. The van der Waals surface area contributed by atoms with Crippen LogP contribution in [0.3, 0.4) is 0 Å². The Morgan fingerprint density at radius 1 is 1.05 bits per heavy atom. The van der Waals surface area contributed by atoms with E-state index in [1.54, 1.807) is 0 Å². The highest BCUT2D eigenvalue weighted by molar-refractivity contribution is 5.83. The molecule has 0 spiro atoms. The van der Waals surface area contributed by atoms with Crippen molar-refractivity contribution in [2.75, 3.05) is 0 Å². The summed E-state index contributed by atoms with van der Waals surface area (Å²) in [5.74, 6) is -0.688. The van der Waals surface area contributed by atoms with E-state index < -0.39 is 12.1 Å². The molecule has 0 fully saturated rings. The molecule has 0 aliphatic rings. The first kappa shape index (κ1) is 13.9. The molecule has 0 aliphatic heterocycles. The van der Waals surface area contributed by atoms with Crippen LogP contribution in [0.2, 0.25) is 0 Å². The standard InChI is InChI=1S/C14H9F3O3/c15-14(16,17)20-13-4-2-1-3-10(13)11-7-9(8-18)5-6-12(11)19/h1-8,19H. The summed E-state index contributed by atoms with van der Waals surface area (Å²) in [6, 6.07) is 9.28. The molecule has 0 aliphatic carbocycles. The number of hydrogen-bond acceptors (Lipinski definition) is 3. The zero-order valence-electron chi connectivity index (χ0n) is 10.0. The Kier molecular flexibility index (Phi) is 3.65. The number of rotatable bonds is 3. The first-order valence-electron chi connectivity index (χ1n) is 5.54. The molecule has 0 unspecified atom stereocenters.